The summed E-state index contributed by atoms with van der Waals surface area (Å²) in [5.74, 6) is -1.27. The van der Waals surface area contributed by atoms with Crippen molar-refractivity contribution in [3.63, 3.8) is 0 Å². The van der Waals surface area contributed by atoms with Crippen LogP contribution in [0.5, 0.6) is 0 Å². The second kappa shape index (κ2) is 7.21. The summed E-state index contributed by atoms with van der Waals surface area (Å²) in [6, 6.07) is 7.46. The van der Waals surface area contributed by atoms with Gasteiger partial charge in [0.25, 0.3) is 5.56 Å². The number of fused-ring (bicyclic) bond motifs is 3. The number of alkyl halides is 3. The van der Waals surface area contributed by atoms with Crippen LogP contribution in [0.4, 0.5) is 13.2 Å². The monoisotopic (exact) mass is 424 g/mol. The number of carboxylic acids is 1. The Balaban J connectivity index is 0.00000240. The fourth-order valence-electron chi connectivity index (χ4n) is 3.19. The molecule has 0 radical (unpaired) electrons. The van der Waals surface area contributed by atoms with E-state index in [0.717, 1.165) is 0 Å². The molecule has 0 spiro atoms. The molecule has 0 aliphatic carbocycles. The fourth-order valence-corrected chi connectivity index (χ4v) is 3.19. The van der Waals surface area contributed by atoms with Crippen LogP contribution in [-0.4, -0.2) is 37.0 Å². The molecule has 0 atom stereocenters. The van der Waals surface area contributed by atoms with Gasteiger partial charge in [-0.05, 0) is 17.7 Å². The lowest BCUT2D eigenvalue weighted by Crippen LogP contribution is -2.28. The number of aromatic nitrogens is 4. The number of aromatic carboxylic acids is 1. The van der Waals surface area contributed by atoms with Crippen LogP contribution in [-0.2, 0) is 6.54 Å². The van der Waals surface area contributed by atoms with Crippen molar-refractivity contribution < 1.29 is 23.1 Å². The first-order valence-electron chi connectivity index (χ1n) is 8.01. The summed E-state index contributed by atoms with van der Waals surface area (Å²) in [6.07, 6.45) is -2.13. The Kier molecular flexibility index (Phi) is 5.05. The number of carbonyl (C=O) groups is 1. The maximum Gasteiger partial charge on any atom is 0.406 e. The summed E-state index contributed by atoms with van der Waals surface area (Å²) < 4.78 is 39.9. The molecule has 0 fully saturated rings. The lowest BCUT2D eigenvalue weighted by Gasteiger charge is -2.15. The van der Waals surface area contributed by atoms with Crippen LogP contribution in [0.3, 0.4) is 0 Å². The highest BCUT2D eigenvalue weighted by molar-refractivity contribution is 6.05. The lowest BCUT2D eigenvalue weighted by atomic mass is 10.0. The van der Waals surface area contributed by atoms with Crippen LogP contribution in [0.2, 0.25) is 0 Å². The first-order chi connectivity index (χ1) is 13.3. The Bertz CT molecular complexity index is 1300. The number of pyridine rings is 2. The number of carboxylic acid groups (broad SMARTS) is 1. The van der Waals surface area contributed by atoms with Crippen molar-refractivity contribution in [2.24, 2.45) is 0 Å². The molecule has 29 heavy (non-hydrogen) atoms. The highest BCUT2D eigenvalue weighted by Crippen LogP contribution is 2.30. The minimum Gasteiger partial charge on any atom is -0.476 e. The first-order valence-corrected chi connectivity index (χ1v) is 8.01. The van der Waals surface area contributed by atoms with Gasteiger partial charge in [0.1, 0.15) is 6.54 Å². The molecule has 0 amide bonds. The predicted molar refractivity (Wildman–Crippen MR) is 101 cm³/mol. The standard InChI is InChI=1S/C18H11F3N4O3.ClH/c19-18(20,21)8-25-13-6-9(10-2-1-5-22-15(10)17(27)28)3-4-11(13)14-12(16(25)26)7-23-24-14;/h1-7H,8H2,(H,23,24)(H,27,28);1H. The quantitative estimate of drug-likeness (QED) is 0.523. The van der Waals surface area contributed by atoms with Crippen LogP contribution in [0.15, 0.2) is 47.5 Å². The molecule has 0 saturated heterocycles. The van der Waals surface area contributed by atoms with Crippen molar-refractivity contribution >= 4 is 40.2 Å². The zero-order valence-corrected chi connectivity index (χ0v) is 15.2. The van der Waals surface area contributed by atoms with Crippen molar-refractivity contribution in [1.82, 2.24) is 19.7 Å². The Labute approximate surface area is 166 Å². The topological polar surface area (TPSA) is 101 Å². The van der Waals surface area contributed by atoms with E-state index in [9.17, 15) is 27.9 Å². The average molecular weight is 425 g/mol. The van der Waals surface area contributed by atoms with Crippen molar-refractivity contribution in [2.75, 3.05) is 0 Å². The second-order valence-electron chi connectivity index (χ2n) is 6.10. The number of nitrogens with one attached hydrogen (secondary N) is 1. The molecule has 4 aromatic rings. The molecule has 2 N–H and O–H groups in total. The maximum atomic E-state index is 13.1. The normalized spacial score (nSPS) is 11.6. The first kappa shape index (κ1) is 20.3. The van der Waals surface area contributed by atoms with Gasteiger partial charge in [0, 0.05) is 17.1 Å². The number of hydrogen-bond acceptors (Lipinski definition) is 4. The van der Waals surface area contributed by atoms with Gasteiger partial charge in [-0.3, -0.25) is 14.5 Å². The summed E-state index contributed by atoms with van der Waals surface area (Å²) in [4.78, 5) is 27.8. The molecule has 11 heteroatoms. The van der Waals surface area contributed by atoms with Crippen molar-refractivity contribution in [3.05, 3.63) is 58.8 Å². The molecule has 4 rings (SSSR count). The van der Waals surface area contributed by atoms with Gasteiger partial charge in [-0.1, -0.05) is 18.2 Å². The smallest absolute Gasteiger partial charge is 0.406 e. The van der Waals surface area contributed by atoms with Gasteiger partial charge in [-0.15, -0.1) is 12.4 Å². The van der Waals surface area contributed by atoms with E-state index in [-0.39, 0.29) is 34.6 Å². The molecule has 1 aromatic carbocycles. The Morgan fingerprint density at radius 2 is 1.97 bits per heavy atom. The summed E-state index contributed by atoms with van der Waals surface area (Å²) in [7, 11) is 0. The largest absolute Gasteiger partial charge is 0.476 e. The van der Waals surface area contributed by atoms with Crippen LogP contribution in [0.25, 0.3) is 32.9 Å². The number of hydrogen-bond donors (Lipinski definition) is 2. The van der Waals surface area contributed by atoms with Crippen LogP contribution < -0.4 is 5.56 Å². The Morgan fingerprint density at radius 1 is 1.21 bits per heavy atom. The molecule has 3 aromatic heterocycles. The number of H-pyrrole nitrogens is 1. The Hall–Kier alpha value is -3.40. The molecule has 0 aliphatic rings. The van der Waals surface area contributed by atoms with E-state index in [1.54, 1.807) is 6.07 Å². The molecular formula is C18H12ClF3N4O3. The number of benzene rings is 1. The van der Waals surface area contributed by atoms with Gasteiger partial charge in [0.05, 0.1) is 22.6 Å². The van der Waals surface area contributed by atoms with E-state index in [1.807, 2.05) is 0 Å². The van der Waals surface area contributed by atoms with Gasteiger partial charge in [0.15, 0.2) is 5.69 Å². The van der Waals surface area contributed by atoms with Crippen molar-refractivity contribution in [3.8, 4) is 11.1 Å². The van der Waals surface area contributed by atoms with E-state index in [1.165, 1.54) is 36.7 Å². The molecule has 0 aliphatic heterocycles. The lowest BCUT2D eigenvalue weighted by molar-refractivity contribution is -0.140. The number of nitrogens with zero attached hydrogens (tertiary/aromatic N) is 3. The Morgan fingerprint density at radius 3 is 2.66 bits per heavy atom. The van der Waals surface area contributed by atoms with Gasteiger partial charge in [-0.2, -0.15) is 18.3 Å². The predicted octanol–water partition coefficient (Wildman–Crippen LogP) is 3.62. The minimum absolute atomic E-state index is 0. The van der Waals surface area contributed by atoms with E-state index in [4.69, 9.17) is 0 Å². The zero-order valence-electron chi connectivity index (χ0n) is 14.4. The molecule has 0 bridgehead atoms. The van der Waals surface area contributed by atoms with E-state index < -0.39 is 24.2 Å². The average Bonchev–Trinajstić information content (AvgIpc) is 3.14. The minimum atomic E-state index is -4.62. The number of rotatable bonds is 3. The highest BCUT2D eigenvalue weighted by atomic mass is 35.5. The third kappa shape index (κ3) is 3.54. The number of halogens is 4. The fraction of sp³-hybridized carbons (Fsp3) is 0.111. The molecule has 0 unspecified atom stereocenters. The van der Waals surface area contributed by atoms with Crippen LogP contribution >= 0.6 is 12.4 Å². The van der Waals surface area contributed by atoms with Crippen LogP contribution in [0, 0.1) is 0 Å². The molecule has 150 valence electrons. The third-order valence-electron chi connectivity index (χ3n) is 4.33. The van der Waals surface area contributed by atoms with Gasteiger partial charge in [0.2, 0.25) is 0 Å². The zero-order chi connectivity index (χ0) is 20.1. The molecule has 7 nitrogen and oxygen atoms in total. The van der Waals surface area contributed by atoms with Gasteiger partial charge in [-0.25, -0.2) is 9.78 Å². The molecule has 0 saturated carbocycles. The summed E-state index contributed by atoms with van der Waals surface area (Å²) in [5.41, 5.74) is -0.198. The second-order valence-corrected chi connectivity index (χ2v) is 6.10. The maximum absolute atomic E-state index is 13.1. The summed E-state index contributed by atoms with van der Waals surface area (Å²) >= 11 is 0. The van der Waals surface area contributed by atoms with Crippen LogP contribution in [0.1, 0.15) is 10.5 Å². The van der Waals surface area contributed by atoms with Gasteiger partial charge >= 0.3 is 12.1 Å². The molecular weight excluding hydrogens is 413 g/mol. The molecule has 3 heterocycles. The highest BCUT2D eigenvalue weighted by Gasteiger charge is 2.30. The third-order valence-corrected chi connectivity index (χ3v) is 4.33. The van der Waals surface area contributed by atoms with E-state index in [2.05, 4.69) is 15.2 Å². The summed E-state index contributed by atoms with van der Waals surface area (Å²) in [6.45, 7) is -1.48. The van der Waals surface area contributed by atoms with Crippen molar-refractivity contribution in [1.29, 1.82) is 0 Å². The SMILES string of the molecule is Cl.O=C(O)c1ncccc1-c1ccc2c3[nH]ncc3c(=O)n(CC(F)(F)F)c2c1. The van der Waals surface area contributed by atoms with E-state index in [0.29, 0.717) is 21.0 Å². The summed E-state index contributed by atoms with van der Waals surface area (Å²) in [5, 5.41) is 16.1. The van der Waals surface area contributed by atoms with Gasteiger partial charge < -0.3 is 5.11 Å². The number of aromatic amines is 1. The van der Waals surface area contributed by atoms with Crippen molar-refractivity contribution in [2.45, 2.75) is 12.7 Å². The van der Waals surface area contributed by atoms with E-state index >= 15 is 0 Å².